The van der Waals surface area contributed by atoms with E-state index in [0.717, 1.165) is 0 Å². The SMILES string of the molecule is CN1CC(C(=O)N[C@H](Cc2cnc[nH]2)C(=O)O)CC1=O. The van der Waals surface area contributed by atoms with Crippen molar-refractivity contribution in [1.29, 1.82) is 0 Å². The minimum absolute atomic E-state index is 0.106. The van der Waals surface area contributed by atoms with Gasteiger partial charge in [0.2, 0.25) is 11.8 Å². The lowest BCUT2D eigenvalue weighted by atomic mass is 10.1. The topological polar surface area (TPSA) is 115 Å². The lowest BCUT2D eigenvalue weighted by Gasteiger charge is -2.16. The highest BCUT2D eigenvalue weighted by molar-refractivity contribution is 5.91. The maximum absolute atomic E-state index is 12.0. The molecular formula is C12H16N4O4. The number of rotatable bonds is 5. The molecule has 0 saturated carbocycles. The van der Waals surface area contributed by atoms with Crippen LogP contribution >= 0.6 is 0 Å². The third-order valence-electron chi connectivity index (χ3n) is 3.31. The molecule has 1 aromatic rings. The van der Waals surface area contributed by atoms with Crippen molar-refractivity contribution in [3.63, 3.8) is 0 Å². The van der Waals surface area contributed by atoms with Crippen LogP contribution in [0, 0.1) is 5.92 Å². The van der Waals surface area contributed by atoms with Crippen LogP contribution in [-0.4, -0.2) is 57.4 Å². The molecule has 108 valence electrons. The van der Waals surface area contributed by atoms with E-state index in [1.807, 2.05) is 0 Å². The number of nitrogens with one attached hydrogen (secondary N) is 2. The lowest BCUT2D eigenvalue weighted by molar-refractivity contribution is -0.142. The number of amides is 2. The number of H-pyrrole nitrogens is 1. The van der Waals surface area contributed by atoms with Gasteiger partial charge in [0.25, 0.3) is 0 Å². The Bertz CT molecular complexity index is 514. The van der Waals surface area contributed by atoms with Crippen molar-refractivity contribution in [2.24, 2.45) is 5.92 Å². The van der Waals surface area contributed by atoms with Crippen LogP contribution in [0.15, 0.2) is 12.5 Å². The summed E-state index contributed by atoms with van der Waals surface area (Å²) in [5.74, 6) is -2.12. The number of carboxylic acids is 1. The molecule has 20 heavy (non-hydrogen) atoms. The maximum atomic E-state index is 12.0. The van der Waals surface area contributed by atoms with Gasteiger partial charge in [-0.25, -0.2) is 9.78 Å². The molecule has 8 nitrogen and oxygen atoms in total. The van der Waals surface area contributed by atoms with Crippen LogP contribution < -0.4 is 5.32 Å². The molecule has 0 spiro atoms. The highest BCUT2D eigenvalue weighted by Gasteiger charge is 2.34. The molecule has 1 saturated heterocycles. The molecule has 0 aromatic carbocycles. The van der Waals surface area contributed by atoms with Gasteiger partial charge in [-0.3, -0.25) is 9.59 Å². The minimum atomic E-state index is -1.12. The highest BCUT2D eigenvalue weighted by Crippen LogP contribution is 2.16. The van der Waals surface area contributed by atoms with E-state index in [4.69, 9.17) is 5.11 Å². The third kappa shape index (κ3) is 3.14. The molecule has 2 heterocycles. The van der Waals surface area contributed by atoms with Gasteiger partial charge in [-0.05, 0) is 0 Å². The first-order chi connectivity index (χ1) is 9.47. The van der Waals surface area contributed by atoms with Crippen LogP contribution in [-0.2, 0) is 20.8 Å². The van der Waals surface area contributed by atoms with Gasteiger partial charge in [0.15, 0.2) is 0 Å². The number of aromatic amines is 1. The van der Waals surface area contributed by atoms with Crippen molar-refractivity contribution in [1.82, 2.24) is 20.2 Å². The first kappa shape index (κ1) is 14.0. The van der Waals surface area contributed by atoms with Gasteiger partial charge in [0.05, 0.1) is 12.2 Å². The highest BCUT2D eigenvalue weighted by atomic mass is 16.4. The van der Waals surface area contributed by atoms with Crippen LogP contribution in [0.4, 0.5) is 0 Å². The summed E-state index contributed by atoms with van der Waals surface area (Å²) in [6, 6.07) is -1.04. The molecule has 0 radical (unpaired) electrons. The Morgan fingerprint density at radius 1 is 1.65 bits per heavy atom. The van der Waals surface area contributed by atoms with Crippen molar-refractivity contribution >= 4 is 17.8 Å². The summed E-state index contributed by atoms with van der Waals surface area (Å²) in [7, 11) is 1.62. The molecule has 2 atom stereocenters. The fraction of sp³-hybridized carbons (Fsp3) is 0.500. The first-order valence-electron chi connectivity index (χ1n) is 6.21. The number of hydrogen-bond acceptors (Lipinski definition) is 4. The van der Waals surface area contributed by atoms with Crippen LogP contribution in [0.25, 0.3) is 0 Å². The zero-order valence-corrected chi connectivity index (χ0v) is 11.0. The van der Waals surface area contributed by atoms with Crippen molar-refractivity contribution in [2.45, 2.75) is 18.9 Å². The van der Waals surface area contributed by atoms with Gasteiger partial charge in [-0.1, -0.05) is 0 Å². The zero-order chi connectivity index (χ0) is 14.7. The number of carbonyl (C=O) groups excluding carboxylic acids is 2. The summed E-state index contributed by atoms with van der Waals surface area (Å²) in [5.41, 5.74) is 0.623. The van der Waals surface area contributed by atoms with Crippen LogP contribution in [0.5, 0.6) is 0 Å². The van der Waals surface area contributed by atoms with Gasteiger partial charge in [0.1, 0.15) is 6.04 Å². The Labute approximate surface area is 115 Å². The van der Waals surface area contributed by atoms with Gasteiger partial charge < -0.3 is 20.3 Å². The lowest BCUT2D eigenvalue weighted by Crippen LogP contribution is -2.45. The van der Waals surface area contributed by atoms with Crippen LogP contribution in [0.1, 0.15) is 12.1 Å². The van der Waals surface area contributed by atoms with Crippen molar-refractivity contribution in [2.75, 3.05) is 13.6 Å². The van der Waals surface area contributed by atoms with E-state index in [9.17, 15) is 14.4 Å². The molecule has 2 amide bonds. The standard InChI is InChI=1S/C12H16N4O4/c1-16-5-7(2-10(16)17)11(18)15-9(12(19)20)3-8-4-13-6-14-8/h4,6-7,9H,2-3,5H2,1H3,(H,13,14)(H,15,18)(H,19,20)/t7?,9-/m1/s1. The number of imidazole rings is 1. The average molecular weight is 280 g/mol. The van der Waals surface area contributed by atoms with Crippen molar-refractivity contribution in [3.05, 3.63) is 18.2 Å². The van der Waals surface area contributed by atoms with E-state index in [1.165, 1.54) is 17.4 Å². The molecule has 2 rings (SSSR count). The van der Waals surface area contributed by atoms with E-state index in [-0.39, 0.29) is 18.7 Å². The summed E-state index contributed by atoms with van der Waals surface area (Å²) in [4.78, 5) is 42.6. The molecule has 1 unspecified atom stereocenters. The summed E-state index contributed by atoms with van der Waals surface area (Å²) in [5, 5.41) is 11.6. The van der Waals surface area contributed by atoms with Crippen LogP contribution in [0.2, 0.25) is 0 Å². The molecule has 1 aliphatic rings. The summed E-state index contributed by atoms with van der Waals surface area (Å²) < 4.78 is 0. The first-order valence-corrected chi connectivity index (χ1v) is 6.21. The van der Waals surface area contributed by atoms with E-state index in [1.54, 1.807) is 7.05 Å². The summed E-state index contributed by atoms with van der Waals surface area (Å²) >= 11 is 0. The largest absolute Gasteiger partial charge is 0.480 e. The third-order valence-corrected chi connectivity index (χ3v) is 3.31. The molecule has 1 aliphatic heterocycles. The molecule has 3 N–H and O–H groups in total. The van der Waals surface area contributed by atoms with E-state index < -0.39 is 23.8 Å². The zero-order valence-electron chi connectivity index (χ0n) is 11.0. The predicted molar refractivity (Wildman–Crippen MR) is 67.6 cm³/mol. The normalized spacial score (nSPS) is 19.9. The number of carbonyl (C=O) groups is 3. The minimum Gasteiger partial charge on any atom is -0.480 e. The smallest absolute Gasteiger partial charge is 0.326 e. The second-order valence-corrected chi connectivity index (χ2v) is 4.86. The maximum Gasteiger partial charge on any atom is 0.326 e. The predicted octanol–water partition coefficient (Wildman–Crippen LogP) is -1.00. The number of carboxylic acid groups (broad SMARTS) is 1. The Morgan fingerprint density at radius 3 is 2.90 bits per heavy atom. The number of aromatic nitrogens is 2. The Hall–Kier alpha value is -2.38. The van der Waals surface area contributed by atoms with Gasteiger partial charge in [-0.2, -0.15) is 0 Å². The van der Waals surface area contributed by atoms with Crippen molar-refractivity contribution < 1.29 is 19.5 Å². The molecule has 8 heteroatoms. The number of nitrogens with zero attached hydrogens (tertiary/aromatic N) is 2. The molecule has 1 aromatic heterocycles. The fourth-order valence-electron chi connectivity index (χ4n) is 2.15. The number of aliphatic carboxylic acids is 1. The van der Waals surface area contributed by atoms with E-state index in [0.29, 0.717) is 12.2 Å². The molecule has 0 aliphatic carbocycles. The monoisotopic (exact) mass is 280 g/mol. The molecular weight excluding hydrogens is 264 g/mol. The van der Waals surface area contributed by atoms with Gasteiger partial charge in [0, 0.05) is 38.3 Å². The quantitative estimate of drug-likeness (QED) is 0.640. The van der Waals surface area contributed by atoms with E-state index in [2.05, 4.69) is 15.3 Å². The number of likely N-dealkylation sites (tertiary alicyclic amines) is 1. The summed E-state index contributed by atoms with van der Waals surface area (Å²) in [6.45, 7) is 0.320. The van der Waals surface area contributed by atoms with E-state index >= 15 is 0 Å². The number of hydrogen-bond donors (Lipinski definition) is 3. The average Bonchev–Trinajstić information content (AvgIpc) is 2.99. The second kappa shape index (κ2) is 5.72. The fourth-order valence-corrected chi connectivity index (χ4v) is 2.15. The summed E-state index contributed by atoms with van der Waals surface area (Å²) in [6.07, 6.45) is 3.20. The Kier molecular flexibility index (Phi) is 4.02. The van der Waals surface area contributed by atoms with Gasteiger partial charge >= 0.3 is 5.97 Å². The Balaban J connectivity index is 1.96. The molecule has 1 fully saturated rings. The van der Waals surface area contributed by atoms with Crippen molar-refractivity contribution in [3.8, 4) is 0 Å². The Morgan fingerprint density at radius 2 is 2.40 bits per heavy atom. The molecule has 0 bridgehead atoms. The second-order valence-electron chi connectivity index (χ2n) is 4.86. The van der Waals surface area contributed by atoms with Gasteiger partial charge in [-0.15, -0.1) is 0 Å². The van der Waals surface area contributed by atoms with Crippen LogP contribution in [0.3, 0.4) is 0 Å².